The molecule has 1 aromatic carbocycles. The SMILES string of the molecule is Cl.N[C@@H]1CCCN(CCOc2cccc(Cl)c2)C1. The molecule has 0 saturated carbocycles. The average Bonchev–Trinajstić information content (AvgIpc) is 2.29. The number of piperidine rings is 1. The average molecular weight is 291 g/mol. The molecule has 0 unspecified atom stereocenters. The number of hydrogen-bond acceptors (Lipinski definition) is 3. The number of hydrogen-bond donors (Lipinski definition) is 1. The minimum atomic E-state index is 0. The molecule has 1 fully saturated rings. The van der Waals surface area contributed by atoms with Gasteiger partial charge in [0, 0.05) is 24.2 Å². The van der Waals surface area contributed by atoms with E-state index in [9.17, 15) is 0 Å². The Morgan fingerprint density at radius 1 is 1.44 bits per heavy atom. The molecule has 102 valence electrons. The zero-order valence-corrected chi connectivity index (χ0v) is 11.9. The predicted molar refractivity (Wildman–Crippen MR) is 77.8 cm³/mol. The van der Waals surface area contributed by atoms with Crippen LogP contribution in [0, 0.1) is 0 Å². The van der Waals surface area contributed by atoms with E-state index in [2.05, 4.69) is 4.90 Å². The van der Waals surface area contributed by atoms with Gasteiger partial charge in [-0.05, 0) is 37.6 Å². The summed E-state index contributed by atoms with van der Waals surface area (Å²) in [5, 5.41) is 0.711. The second-order valence-corrected chi connectivity index (χ2v) is 4.95. The maximum atomic E-state index is 5.93. The van der Waals surface area contributed by atoms with Gasteiger partial charge in [0.25, 0.3) is 0 Å². The van der Waals surface area contributed by atoms with Crippen LogP contribution in [0.15, 0.2) is 24.3 Å². The standard InChI is InChI=1S/C13H19ClN2O.ClH/c14-11-3-1-5-13(9-11)17-8-7-16-6-2-4-12(15)10-16;/h1,3,5,9,12H,2,4,6-8,10,15H2;1H/t12-;/m1./s1. The fourth-order valence-corrected chi connectivity index (χ4v) is 2.32. The summed E-state index contributed by atoms with van der Waals surface area (Å²) >= 11 is 5.88. The molecule has 1 aliphatic heterocycles. The lowest BCUT2D eigenvalue weighted by Gasteiger charge is -2.30. The third-order valence-electron chi connectivity index (χ3n) is 3.01. The van der Waals surface area contributed by atoms with Crippen molar-refractivity contribution in [1.82, 2.24) is 4.90 Å². The molecule has 0 radical (unpaired) electrons. The zero-order chi connectivity index (χ0) is 12.1. The third-order valence-corrected chi connectivity index (χ3v) is 3.25. The van der Waals surface area contributed by atoms with E-state index in [1.807, 2.05) is 24.3 Å². The number of nitrogens with two attached hydrogens (primary N) is 1. The van der Waals surface area contributed by atoms with Crippen LogP contribution in [0.5, 0.6) is 5.75 Å². The van der Waals surface area contributed by atoms with E-state index in [0.29, 0.717) is 17.7 Å². The molecule has 0 amide bonds. The molecule has 1 atom stereocenters. The van der Waals surface area contributed by atoms with Gasteiger partial charge in [0.15, 0.2) is 0 Å². The van der Waals surface area contributed by atoms with Gasteiger partial charge in [-0.3, -0.25) is 4.90 Å². The molecule has 1 heterocycles. The van der Waals surface area contributed by atoms with Gasteiger partial charge >= 0.3 is 0 Å². The first-order valence-corrected chi connectivity index (χ1v) is 6.48. The number of likely N-dealkylation sites (tertiary alicyclic amines) is 1. The Morgan fingerprint density at radius 2 is 2.28 bits per heavy atom. The minimum Gasteiger partial charge on any atom is -0.492 e. The van der Waals surface area contributed by atoms with Gasteiger partial charge in [-0.1, -0.05) is 17.7 Å². The molecular weight excluding hydrogens is 271 g/mol. The summed E-state index contributed by atoms with van der Waals surface area (Å²) in [4.78, 5) is 2.36. The first-order chi connectivity index (χ1) is 8.24. The topological polar surface area (TPSA) is 38.5 Å². The van der Waals surface area contributed by atoms with Gasteiger partial charge in [-0.25, -0.2) is 0 Å². The summed E-state index contributed by atoms with van der Waals surface area (Å²) in [5.74, 6) is 0.832. The number of rotatable bonds is 4. The summed E-state index contributed by atoms with van der Waals surface area (Å²) in [6.45, 7) is 3.73. The van der Waals surface area contributed by atoms with Gasteiger partial charge in [-0.15, -0.1) is 12.4 Å². The Morgan fingerprint density at radius 3 is 3.00 bits per heavy atom. The first-order valence-electron chi connectivity index (χ1n) is 6.10. The Kier molecular flexibility index (Phi) is 6.79. The Hall–Kier alpha value is -0.480. The van der Waals surface area contributed by atoms with E-state index in [-0.39, 0.29) is 12.4 Å². The van der Waals surface area contributed by atoms with Gasteiger partial charge in [0.05, 0.1) is 0 Å². The molecule has 2 rings (SSSR count). The quantitative estimate of drug-likeness (QED) is 0.926. The van der Waals surface area contributed by atoms with Crippen molar-refractivity contribution in [3.8, 4) is 5.75 Å². The van der Waals surface area contributed by atoms with Crippen molar-refractivity contribution in [3.05, 3.63) is 29.3 Å². The Labute approximate surface area is 120 Å². The second-order valence-electron chi connectivity index (χ2n) is 4.51. The molecule has 0 spiro atoms. The van der Waals surface area contributed by atoms with Crippen molar-refractivity contribution < 1.29 is 4.74 Å². The largest absolute Gasteiger partial charge is 0.492 e. The fourth-order valence-electron chi connectivity index (χ4n) is 2.14. The second kappa shape index (κ2) is 7.85. The van der Waals surface area contributed by atoms with Crippen LogP contribution in [0.3, 0.4) is 0 Å². The van der Waals surface area contributed by atoms with Crippen LogP contribution in [-0.4, -0.2) is 37.2 Å². The Bertz CT molecular complexity index is 363. The van der Waals surface area contributed by atoms with E-state index in [0.717, 1.165) is 31.8 Å². The van der Waals surface area contributed by atoms with Crippen molar-refractivity contribution in [2.24, 2.45) is 5.73 Å². The fraction of sp³-hybridized carbons (Fsp3) is 0.538. The van der Waals surface area contributed by atoms with Crippen LogP contribution >= 0.6 is 24.0 Å². The van der Waals surface area contributed by atoms with E-state index < -0.39 is 0 Å². The third kappa shape index (κ3) is 5.02. The van der Waals surface area contributed by atoms with Crippen molar-refractivity contribution >= 4 is 24.0 Å². The lowest BCUT2D eigenvalue weighted by atomic mass is 10.1. The summed E-state index contributed by atoms with van der Waals surface area (Å²) < 4.78 is 5.66. The number of nitrogens with zero attached hydrogens (tertiary/aromatic N) is 1. The van der Waals surface area contributed by atoms with Crippen LogP contribution in [0.25, 0.3) is 0 Å². The molecule has 0 aromatic heterocycles. The number of halogens is 2. The molecule has 18 heavy (non-hydrogen) atoms. The molecule has 0 bridgehead atoms. The van der Waals surface area contributed by atoms with E-state index in [1.165, 1.54) is 6.42 Å². The molecule has 1 aromatic rings. The lowest BCUT2D eigenvalue weighted by Crippen LogP contribution is -2.44. The maximum Gasteiger partial charge on any atom is 0.120 e. The normalized spacial score (nSPS) is 20.2. The lowest BCUT2D eigenvalue weighted by molar-refractivity contribution is 0.171. The van der Waals surface area contributed by atoms with Gasteiger partial charge in [0.1, 0.15) is 12.4 Å². The minimum absolute atomic E-state index is 0. The smallest absolute Gasteiger partial charge is 0.120 e. The van der Waals surface area contributed by atoms with E-state index in [1.54, 1.807) is 0 Å². The summed E-state index contributed by atoms with van der Waals surface area (Å²) in [7, 11) is 0. The first kappa shape index (κ1) is 15.6. The van der Waals surface area contributed by atoms with E-state index in [4.69, 9.17) is 22.1 Å². The molecule has 1 aliphatic rings. The van der Waals surface area contributed by atoms with Crippen LogP contribution in [0.1, 0.15) is 12.8 Å². The van der Waals surface area contributed by atoms with Crippen molar-refractivity contribution in [2.75, 3.05) is 26.2 Å². The van der Waals surface area contributed by atoms with Gasteiger partial charge in [0.2, 0.25) is 0 Å². The highest BCUT2D eigenvalue weighted by molar-refractivity contribution is 6.30. The summed E-state index contributed by atoms with van der Waals surface area (Å²) in [6, 6.07) is 7.83. The van der Waals surface area contributed by atoms with Crippen LogP contribution in [0.2, 0.25) is 5.02 Å². The Balaban J connectivity index is 0.00000162. The van der Waals surface area contributed by atoms with Gasteiger partial charge in [-0.2, -0.15) is 0 Å². The number of ether oxygens (including phenoxy) is 1. The molecule has 2 N–H and O–H groups in total. The predicted octanol–water partition coefficient (Wildman–Crippen LogP) is 2.56. The molecule has 5 heteroatoms. The van der Waals surface area contributed by atoms with Crippen LogP contribution in [-0.2, 0) is 0 Å². The van der Waals surface area contributed by atoms with Crippen molar-refractivity contribution in [3.63, 3.8) is 0 Å². The highest BCUT2D eigenvalue weighted by Gasteiger charge is 2.15. The highest BCUT2D eigenvalue weighted by atomic mass is 35.5. The molecule has 1 saturated heterocycles. The maximum absolute atomic E-state index is 5.93. The summed E-state index contributed by atoms with van der Waals surface area (Å²) in [6.07, 6.45) is 2.34. The van der Waals surface area contributed by atoms with E-state index >= 15 is 0 Å². The summed E-state index contributed by atoms with van der Waals surface area (Å²) in [5.41, 5.74) is 5.93. The van der Waals surface area contributed by atoms with Gasteiger partial charge < -0.3 is 10.5 Å². The number of benzene rings is 1. The monoisotopic (exact) mass is 290 g/mol. The molecular formula is C13H20Cl2N2O. The molecule has 0 aliphatic carbocycles. The van der Waals surface area contributed by atoms with Crippen molar-refractivity contribution in [1.29, 1.82) is 0 Å². The van der Waals surface area contributed by atoms with Crippen molar-refractivity contribution in [2.45, 2.75) is 18.9 Å². The molecule has 3 nitrogen and oxygen atoms in total. The van der Waals surface area contributed by atoms with Crippen LogP contribution in [0.4, 0.5) is 0 Å². The zero-order valence-electron chi connectivity index (χ0n) is 10.3. The highest BCUT2D eigenvalue weighted by Crippen LogP contribution is 2.17. The van der Waals surface area contributed by atoms with Crippen LogP contribution < -0.4 is 10.5 Å².